The molecular weight excluding hydrogens is 427 g/mol. The summed E-state index contributed by atoms with van der Waals surface area (Å²) in [6, 6.07) is 11.3. The predicted octanol–water partition coefficient (Wildman–Crippen LogP) is 6.26. The van der Waals surface area contributed by atoms with E-state index in [0.29, 0.717) is 33.6 Å². The number of allylic oxidation sites excluding steroid dienone is 4. The number of nitrogens with one attached hydrogen (secondary N) is 1. The molecule has 0 fully saturated rings. The zero-order valence-corrected chi connectivity index (χ0v) is 18.3. The number of nitrogens with zero attached hydrogens (tertiary/aromatic N) is 1. The van der Waals surface area contributed by atoms with Gasteiger partial charge in [-0.25, -0.2) is 4.98 Å². The van der Waals surface area contributed by atoms with Gasteiger partial charge in [0, 0.05) is 18.3 Å². The van der Waals surface area contributed by atoms with Crippen LogP contribution in [-0.4, -0.2) is 25.4 Å². The molecule has 1 aromatic heterocycles. The van der Waals surface area contributed by atoms with Gasteiger partial charge in [-0.1, -0.05) is 47.5 Å². The number of thiazole rings is 1. The van der Waals surface area contributed by atoms with Crippen LogP contribution in [0.25, 0.3) is 10.2 Å². The largest absolute Gasteiger partial charge is 0.494 e. The van der Waals surface area contributed by atoms with E-state index in [9.17, 15) is 4.79 Å². The Kier molecular flexibility index (Phi) is 7.31. The first-order valence-electron chi connectivity index (χ1n) is 8.95. The Balaban J connectivity index is 0.000000177. The molecule has 2 aromatic carbocycles. The van der Waals surface area contributed by atoms with Gasteiger partial charge in [0.05, 0.1) is 33.3 Å². The van der Waals surface area contributed by atoms with Crippen molar-refractivity contribution in [3.05, 3.63) is 80.9 Å². The first-order chi connectivity index (χ1) is 14.1. The molecule has 0 saturated carbocycles. The lowest BCUT2D eigenvalue weighted by Crippen LogP contribution is -2.15. The second kappa shape index (κ2) is 9.92. The summed E-state index contributed by atoms with van der Waals surface area (Å²) in [5.74, 6) is 0.784. The molecule has 1 unspecified atom stereocenters. The van der Waals surface area contributed by atoms with E-state index in [1.807, 2.05) is 13.1 Å². The van der Waals surface area contributed by atoms with Gasteiger partial charge in [0.1, 0.15) is 11.3 Å². The van der Waals surface area contributed by atoms with E-state index >= 15 is 0 Å². The van der Waals surface area contributed by atoms with Gasteiger partial charge < -0.3 is 10.1 Å². The minimum Gasteiger partial charge on any atom is -0.494 e. The van der Waals surface area contributed by atoms with Gasteiger partial charge in [0.25, 0.3) is 0 Å². The van der Waals surface area contributed by atoms with Gasteiger partial charge in [0.2, 0.25) is 0 Å². The predicted molar refractivity (Wildman–Crippen MR) is 122 cm³/mol. The third-order valence-corrected chi connectivity index (χ3v) is 6.13. The lowest BCUT2D eigenvalue weighted by Gasteiger charge is -2.18. The summed E-state index contributed by atoms with van der Waals surface area (Å²) >= 11 is 13.3. The molecule has 0 aliphatic heterocycles. The highest BCUT2D eigenvalue weighted by atomic mass is 35.5. The van der Waals surface area contributed by atoms with Crippen LogP contribution in [0.1, 0.15) is 27.7 Å². The fraction of sp³-hybridized carbons (Fsp3) is 0.182. The number of ether oxygens (including phenoxy) is 1. The third kappa shape index (κ3) is 4.99. The molecule has 29 heavy (non-hydrogen) atoms. The second-order valence-corrected chi connectivity index (χ2v) is 8.12. The van der Waals surface area contributed by atoms with Crippen LogP contribution in [0.2, 0.25) is 10.0 Å². The number of carbonyl (C=O) groups excluding carboxylic acids is 1. The minimum absolute atomic E-state index is 0.340. The van der Waals surface area contributed by atoms with Gasteiger partial charge >= 0.3 is 0 Å². The van der Waals surface area contributed by atoms with Gasteiger partial charge in [-0.05, 0) is 36.8 Å². The summed E-state index contributed by atoms with van der Waals surface area (Å²) < 4.78 is 6.17. The number of aromatic nitrogens is 1. The van der Waals surface area contributed by atoms with Crippen molar-refractivity contribution in [2.45, 2.75) is 12.3 Å². The number of rotatable bonds is 4. The van der Waals surface area contributed by atoms with E-state index in [-0.39, 0.29) is 0 Å². The van der Waals surface area contributed by atoms with Crippen molar-refractivity contribution in [2.75, 3.05) is 14.2 Å². The van der Waals surface area contributed by atoms with Gasteiger partial charge in [-0.3, -0.25) is 4.79 Å². The van der Waals surface area contributed by atoms with Crippen molar-refractivity contribution in [2.24, 2.45) is 0 Å². The van der Waals surface area contributed by atoms with Crippen LogP contribution in [0.15, 0.2) is 60.3 Å². The lowest BCUT2D eigenvalue weighted by atomic mass is 9.97. The van der Waals surface area contributed by atoms with E-state index in [1.54, 1.807) is 11.3 Å². The summed E-state index contributed by atoms with van der Waals surface area (Å²) in [5.41, 5.74) is 2.80. The van der Waals surface area contributed by atoms with Crippen molar-refractivity contribution in [3.63, 3.8) is 0 Å². The Bertz CT molecular complexity index is 1020. The zero-order chi connectivity index (χ0) is 20.8. The number of aldehydes is 1. The second-order valence-electron chi connectivity index (χ2n) is 6.24. The molecule has 1 aliphatic rings. The molecule has 1 atom stereocenters. The molecule has 1 aliphatic carbocycles. The molecule has 3 aromatic rings. The maximum Gasteiger partial charge on any atom is 0.156 e. The molecule has 1 N–H and O–H groups in total. The SMILES string of the molecule is CNC1=CC=CCC1c1nc2ccccc2s1.COc1c(Cl)cc(C=O)cc1Cl. The van der Waals surface area contributed by atoms with Crippen LogP contribution in [-0.2, 0) is 0 Å². The molecule has 7 heteroatoms. The van der Waals surface area contributed by atoms with Crippen LogP contribution in [0.5, 0.6) is 5.75 Å². The normalized spacial score (nSPS) is 15.3. The monoisotopic (exact) mass is 446 g/mol. The third-order valence-electron chi connectivity index (χ3n) is 4.42. The molecule has 0 bridgehead atoms. The first-order valence-corrected chi connectivity index (χ1v) is 10.5. The van der Waals surface area contributed by atoms with E-state index < -0.39 is 0 Å². The molecular formula is C22H20Cl2N2O2S. The number of methoxy groups -OCH3 is 1. The summed E-state index contributed by atoms with van der Waals surface area (Å²) in [5, 5.41) is 5.16. The van der Waals surface area contributed by atoms with Crippen LogP contribution in [0.4, 0.5) is 0 Å². The average Bonchev–Trinajstić information content (AvgIpc) is 3.18. The van der Waals surface area contributed by atoms with Crippen LogP contribution >= 0.6 is 34.5 Å². The molecule has 0 spiro atoms. The molecule has 0 saturated heterocycles. The zero-order valence-electron chi connectivity index (χ0n) is 16.0. The highest BCUT2D eigenvalue weighted by molar-refractivity contribution is 7.18. The lowest BCUT2D eigenvalue weighted by molar-refractivity contribution is 0.112. The summed E-state index contributed by atoms with van der Waals surface area (Å²) in [6.45, 7) is 0. The van der Waals surface area contributed by atoms with Crippen molar-refractivity contribution in [3.8, 4) is 5.75 Å². The molecule has 4 nitrogen and oxygen atoms in total. The number of carbonyl (C=O) groups is 1. The van der Waals surface area contributed by atoms with E-state index in [1.165, 1.54) is 34.6 Å². The van der Waals surface area contributed by atoms with Gasteiger partial charge in [0.15, 0.2) is 5.75 Å². The van der Waals surface area contributed by atoms with Crippen LogP contribution < -0.4 is 10.1 Å². The number of benzene rings is 2. The molecule has 0 amide bonds. The highest BCUT2D eigenvalue weighted by Crippen LogP contribution is 2.35. The maximum atomic E-state index is 10.4. The Morgan fingerprint density at radius 1 is 1.24 bits per heavy atom. The summed E-state index contributed by atoms with van der Waals surface area (Å²) in [6.07, 6.45) is 8.16. The topological polar surface area (TPSA) is 51.2 Å². The number of para-hydroxylation sites is 1. The first kappa shape index (κ1) is 21.4. The van der Waals surface area contributed by atoms with Crippen molar-refractivity contribution in [1.29, 1.82) is 0 Å². The number of hydrogen-bond donors (Lipinski definition) is 1. The average molecular weight is 447 g/mol. The minimum atomic E-state index is 0.340. The Hall–Kier alpha value is -2.34. The van der Waals surface area contributed by atoms with E-state index in [4.69, 9.17) is 32.9 Å². The summed E-state index contributed by atoms with van der Waals surface area (Å²) in [7, 11) is 3.44. The molecule has 1 heterocycles. The number of halogens is 2. The van der Waals surface area contributed by atoms with Gasteiger partial charge in [-0.2, -0.15) is 0 Å². The standard InChI is InChI=1S/C14H14N2S.C8H6Cl2O2/c1-15-11-7-3-2-6-10(11)14-16-12-8-4-5-9-13(12)17-14;1-12-8-6(9)2-5(4-11)3-7(8)10/h2-5,7-10,15H,6H2,1H3;2-4H,1H3. The Morgan fingerprint density at radius 3 is 2.59 bits per heavy atom. The summed E-state index contributed by atoms with van der Waals surface area (Å²) in [4.78, 5) is 15.1. The molecule has 0 radical (unpaired) electrons. The van der Waals surface area contributed by atoms with Gasteiger partial charge in [-0.15, -0.1) is 11.3 Å². The van der Waals surface area contributed by atoms with E-state index in [0.717, 1.165) is 11.9 Å². The fourth-order valence-corrected chi connectivity index (χ4v) is 4.76. The number of hydrogen-bond acceptors (Lipinski definition) is 5. The Morgan fingerprint density at radius 2 is 1.97 bits per heavy atom. The fourth-order valence-electron chi connectivity index (χ4n) is 3.00. The highest BCUT2D eigenvalue weighted by Gasteiger charge is 2.20. The van der Waals surface area contributed by atoms with E-state index in [2.05, 4.69) is 41.7 Å². The van der Waals surface area contributed by atoms with Crippen LogP contribution in [0, 0.1) is 0 Å². The molecule has 4 rings (SSSR count). The molecule has 150 valence electrons. The quantitative estimate of drug-likeness (QED) is 0.480. The number of fused-ring (bicyclic) bond motifs is 1. The Labute approximate surface area is 183 Å². The van der Waals surface area contributed by atoms with Crippen molar-refractivity contribution in [1.82, 2.24) is 10.3 Å². The maximum absolute atomic E-state index is 10.4. The van der Waals surface area contributed by atoms with Crippen molar-refractivity contribution >= 4 is 51.0 Å². The number of likely N-dealkylation sites (N-methyl/N-ethyl adjacent to an activating group) is 1. The van der Waals surface area contributed by atoms with Crippen molar-refractivity contribution < 1.29 is 9.53 Å². The van der Waals surface area contributed by atoms with Crippen LogP contribution in [0.3, 0.4) is 0 Å². The smallest absolute Gasteiger partial charge is 0.156 e.